The van der Waals surface area contributed by atoms with Crippen LogP contribution in [-0.4, -0.2) is 19.1 Å². The lowest BCUT2D eigenvalue weighted by Crippen LogP contribution is -2.24. The van der Waals surface area contributed by atoms with Crippen LogP contribution >= 0.6 is 0 Å². The lowest BCUT2D eigenvalue weighted by Gasteiger charge is -2.07. The van der Waals surface area contributed by atoms with Gasteiger partial charge in [0.2, 0.25) is 5.91 Å². The number of hydrogen-bond acceptors (Lipinski definition) is 2. The van der Waals surface area contributed by atoms with Gasteiger partial charge in [0.15, 0.2) is 0 Å². The largest absolute Gasteiger partial charge is 0.494 e. The lowest BCUT2D eigenvalue weighted by molar-refractivity contribution is -0.121. The summed E-state index contributed by atoms with van der Waals surface area (Å²) >= 11 is 0. The van der Waals surface area contributed by atoms with Crippen molar-refractivity contribution in [1.82, 2.24) is 5.32 Å². The Morgan fingerprint density at radius 3 is 2.48 bits per heavy atom. The Labute approximate surface area is 138 Å². The summed E-state index contributed by atoms with van der Waals surface area (Å²) in [6, 6.07) is 18.3. The van der Waals surface area contributed by atoms with Crippen LogP contribution in [0.15, 0.2) is 54.6 Å². The van der Waals surface area contributed by atoms with Gasteiger partial charge in [0, 0.05) is 13.0 Å². The second kappa shape index (κ2) is 9.67. The van der Waals surface area contributed by atoms with E-state index < -0.39 is 0 Å². The zero-order valence-electron chi connectivity index (χ0n) is 13.8. The first kappa shape index (κ1) is 17.1. The molecule has 2 aromatic rings. The molecule has 0 saturated carbocycles. The van der Waals surface area contributed by atoms with Gasteiger partial charge in [0.05, 0.1) is 6.61 Å². The van der Waals surface area contributed by atoms with E-state index in [1.54, 1.807) is 0 Å². The molecule has 1 N–H and O–H groups in total. The van der Waals surface area contributed by atoms with Gasteiger partial charge in [-0.05, 0) is 43.9 Å². The molecule has 0 unspecified atom stereocenters. The average molecular weight is 311 g/mol. The van der Waals surface area contributed by atoms with E-state index in [-0.39, 0.29) is 5.91 Å². The highest BCUT2D eigenvalue weighted by atomic mass is 16.5. The number of amides is 1. The van der Waals surface area contributed by atoms with Crippen molar-refractivity contribution in [2.75, 3.05) is 13.2 Å². The number of nitrogens with one attached hydrogen (secondary N) is 1. The van der Waals surface area contributed by atoms with Crippen molar-refractivity contribution in [3.8, 4) is 5.75 Å². The predicted octanol–water partition coefficient (Wildman–Crippen LogP) is 3.90. The fourth-order valence-electron chi connectivity index (χ4n) is 2.31. The Bertz CT molecular complexity index is 578. The summed E-state index contributed by atoms with van der Waals surface area (Å²) in [5.74, 6) is 0.962. The van der Waals surface area contributed by atoms with Crippen LogP contribution in [0.4, 0.5) is 0 Å². The van der Waals surface area contributed by atoms with Crippen LogP contribution in [-0.2, 0) is 11.2 Å². The van der Waals surface area contributed by atoms with Crippen LogP contribution in [0.5, 0.6) is 5.75 Å². The lowest BCUT2D eigenvalue weighted by atomic mass is 10.1. The second-order valence-corrected chi connectivity index (χ2v) is 5.70. The zero-order chi connectivity index (χ0) is 16.3. The minimum Gasteiger partial charge on any atom is -0.494 e. The molecule has 0 aromatic heterocycles. The molecule has 2 aromatic carbocycles. The monoisotopic (exact) mass is 311 g/mol. The standard InChI is InChI=1S/C20H25NO2/c1-17-11-13-19(14-12-17)23-16-6-10-20(22)21-15-5-9-18-7-3-2-4-8-18/h2-4,7-8,11-14H,5-6,9-10,15-16H2,1H3,(H,21,22). The minimum atomic E-state index is 0.102. The van der Waals surface area contributed by atoms with E-state index in [2.05, 4.69) is 17.4 Å². The first-order valence-electron chi connectivity index (χ1n) is 8.24. The van der Waals surface area contributed by atoms with Gasteiger partial charge >= 0.3 is 0 Å². The fourth-order valence-corrected chi connectivity index (χ4v) is 2.31. The molecular formula is C20H25NO2. The summed E-state index contributed by atoms with van der Waals surface area (Å²) in [5, 5.41) is 2.96. The van der Waals surface area contributed by atoms with E-state index in [1.807, 2.05) is 49.4 Å². The summed E-state index contributed by atoms with van der Waals surface area (Å²) in [7, 11) is 0. The van der Waals surface area contributed by atoms with Crippen LogP contribution in [0.3, 0.4) is 0 Å². The third kappa shape index (κ3) is 7.00. The average Bonchev–Trinajstić information content (AvgIpc) is 2.58. The number of hydrogen-bond donors (Lipinski definition) is 1. The van der Waals surface area contributed by atoms with E-state index in [4.69, 9.17) is 4.74 Å². The molecule has 0 bridgehead atoms. The third-order valence-corrected chi connectivity index (χ3v) is 3.65. The Balaban J connectivity index is 1.51. The summed E-state index contributed by atoms with van der Waals surface area (Å²) < 4.78 is 5.61. The zero-order valence-corrected chi connectivity index (χ0v) is 13.8. The molecule has 0 atom stereocenters. The third-order valence-electron chi connectivity index (χ3n) is 3.65. The number of benzene rings is 2. The fraction of sp³-hybridized carbons (Fsp3) is 0.350. The summed E-state index contributed by atoms with van der Waals surface area (Å²) in [5.41, 5.74) is 2.53. The van der Waals surface area contributed by atoms with E-state index in [0.717, 1.165) is 31.6 Å². The molecule has 0 aliphatic carbocycles. The molecule has 3 nitrogen and oxygen atoms in total. The number of ether oxygens (including phenoxy) is 1. The van der Waals surface area contributed by atoms with E-state index >= 15 is 0 Å². The topological polar surface area (TPSA) is 38.3 Å². The predicted molar refractivity (Wildman–Crippen MR) is 93.7 cm³/mol. The Hall–Kier alpha value is -2.29. The number of carbonyl (C=O) groups is 1. The van der Waals surface area contributed by atoms with Gasteiger partial charge in [0.1, 0.15) is 5.75 Å². The number of rotatable bonds is 9. The summed E-state index contributed by atoms with van der Waals surface area (Å²) in [6.07, 6.45) is 3.21. The molecule has 0 fully saturated rings. The highest BCUT2D eigenvalue weighted by molar-refractivity contribution is 5.75. The number of aryl methyl sites for hydroxylation is 2. The first-order chi connectivity index (χ1) is 11.2. The highest BCUT2D eigenvalue weighted by Crippen LogP contribution is 2.11. The Kier molecular flexibility index (Phi) is 7.18. The Morgan fingerprint density at radius 2 is 1.74 bits per heavy atom. The van der Waals surface area contributed by atoms with E-state index in [1.165, 1.54) is 11.1 Å². The summed E-state index contributed by atoms with van der Waals surface area (Å²) in [4.78, 5) is 11.7. The quantitative estimate of drug-likeness (QED) is 0.713. The van der Waals surface area contributed by atoms with Crippen LogP contribution in [0.25, 0.3) is 0 Å². The minimum absolute atomic E-state index is 0.102. The van der Waals surface area contributed by atoms with Crippen LogP contribution < -0.4 is 10.1 Å². The van der Waals surface area contributed by atoms with Crippen molar-refractivity contribution >= 4 is 5.91 Å². The molecule has 1 amide bonds. The summed E-state index contributed by atoms with van der Waals surface area (Å²) in [6.45, 7) is 3.35. The molecule has 0 saturated heterocycles. The van der Waals surface area contributed by atoms with Crippen molar-refractivity contribution in [3.63, 3.8) is 0 Å². The normalized spacial score (nSPS) is 10.3. The number of carbonyl (C=O) groups excluding carboxylic acids is 1. The van der Waals surface area contributed by atoms with Crippen molar-refractivity contribution in [3.05, 3.63) is 65.7 Å². The van der Waals surface area contributed by atoms with Crippen LogP contribution in [0.1, 0.15) is 30.4 Å². The molecule has 0 aliphatic heterocycles. The van der Waals surface area contributed by atoms with Gasteiger partial charge in [-0.25, -0.2) is 0 Å². The van der Waals surface area contributed by atoms with Gasteiger partial charge < -0.3 is 10.1 Å². The molecule has 0 spiro atoms. The molecule has 3 heteroatoms. The molecular weight excluding hydrogens is 286 g/mol. The Morgan fingerprint density at radius 1 is 1.00 bits per heavy atom. The molecule has 23 heavy (non-hydrogen) atoms. The van der Waals surface area contributed by atoms with Crippen molar-refractivity contribution in [2.24, 2.45) is 0 Å². The van der Waals surface area contributed by atoms with Gasteiger partial charge in [-0.15, -0.1) is 0 Å². The molecule has 2 rings (SSSR count). The van der Waals surface area contributed by atoms with Gasteiger partial charge in [-0.2, -0.15) is 0 Å². The van der Waals surface area contributed by atoms with Gasteiger partial charge in [-0.1, -0.05) is 48.0 Å². The van der Waals surface area contributed by atoms with Gasteiger partial charge in [-0.3, -0.25) is 4.79 Å². The molecule has 0 radical (unpaired) electrons. The first-order valence-corrected chi connectivity index (χ1v) is 8.24. The van der Waals surface area contributed by atoms with E-state index in [9.17, 15) is 4.79 Å². The smallest absolute Gasteiger partial charge is 0.220 e. The SMILES string of the molecule is Cc1ccc(OCCCC(=O)NCCCc2ccccc2)cc1. The molecule has 0 heterocycles. The van der Waals surface area contributed by atoms with Crippen LogP contribution in [0, 0.1) is 6.92 Å². The maximum absolute atomic E-state index is 11.7. The molecule has 122 valence electrons. The van der Waals surface area contributed by atoms with E-state index in [0.29, 0.717) is 13.0 Å². The van der Waals surface area contributed by atoms with Gasteiger partial charge in [0.25, 0.3) is 0 Å². The van der Waals surface area contributed by atoms with Crippen molar-refractivity contribution in [1.29, 1.82) is 0 Å². The maximum atomic E-state index is 11.7. The maximum Gasteiger partial charge on any atom is 0.220 e. The highest BCUT2D eigenvalue weighted by Gasteiger charge is 2.01. The van der Waals surface area contributed by atoms with Crippen molar-refractivity contribution < 1.29 is 9.53 Å². The van der Waals surface area contributed by atoms with Crippen molar-refractivity contribution in [2.45, 2.75) is 32.6 Å². The molecule has 0 aliphatic rings. The van der Waals surface area contributed by atoms with Crippen LogP contribution in [0.2, 0.25) is 0 Å². The second-order valence-electron chi connectivity index (χ2n) is 5.70.